The van der Waals surface area contributed by atoms with Crippen molar-refractivity contribution in [2.45, 2.75) is 76.0 Å². The molecule has 0 aliphatic heterocycles. The van der Waals surface area contributed by atoms with Gasteiger partial charge in [-0.3, -0.25) is 0 Å². The zero-order chi connectivity index (χ0) is 17.2. The highest BCUT2D eigenvalue weighted by Gasteiger charge is 2.59. The molecule has 134 valence electrons. The lowest BCUT2D eigenvalue weighted by Gasteiger charge is -2.28. The van der Waals surface area contributed by atoms with E-state index >= 15 is 0 Å². The molecular weight excluding hydrogens is 328 g/mol. The van der Waals surface area contributed by atoms with E-state index in [1.165, 1.54) is 12.8 Å². The Kier molecular flexibility index (Phi) is 10.6. The smallest absolute Gasteiger partial charge is 0.305 e. The van der Waals surface area contributed by atoms with Crippen molar-refractivity contribution in [2.75, 3.05) is 6.54 Å². The van der Waals surface area contributed by atoms with Crippen LogP contribution in [0.2, 0.25) is 0 Å². The molecule has 0 radical (unpaired) electrons. The topological polar surface area (TPSA) is 12.0 Å². The Bertz CT molecular complexity index is 265. The highest BCUT2D eigenvalue weighted by atomic mass is 32.1. The molecule has 0 fully saturated rings. The summed E-state index contributed by atoms with van der Waals surface area (Å²) in [6, 6.07) is 0. The van der Waals surface area contributed by atoms with Crippen LogP contribution in [0.3, 0.4) is 0 Å². The summed E-state index contributed by atoms with van der Waals surface area (Å²) in [4.78, 5) is 0. The minimum Gasteiger partial charge on any atom is -0.305 e. The summed E-state index contributed by atoms with van der Waals surface area (Å²) in [6.45, 7) is 2.22. The highest BCUT2D eigenvalue weighted by molar-refractivity contribution is 7.80. The number of halogens is 6. The van der Waals surface area contributed by atoms with E-state index in [1.807, 2.05) is 0 Å². The van der Waals surface area contributed by atoms with Gasteiger partial charge in [-0.15, -0.1) is 0 Å². The van der Waals surface area contributed by atoms with E-state index in [-0.39, 0.29) is 6.54 Å². The lowest BCUT2D eigenvalue weighted by molar-refractivity contribution is -0.284. The van der Waals surface area contributed by atoms with Crippen LogP contribution in [0.5, 0.6) is 0 Å². The average molecular weight is 353 g/mol. The summed E-state index contributed by atoms with van der Waals surface area (Å²) in [5.41, 5.74) is 0. The normalized spacial score (nSPS) is 14.6. The first-order valence-corrected chi connectivity index (χ1v) is 8.17. The second kappa shape index (κ2) is 10.6. The lowest BCUT2D eigenvalue weighted by Crippen LogP contribution is -2.48. The van der Waals surface area contributed by atoms with Crippen LogP contribution < -0.4 is 5.32 Å². The molecule has 1 nitrogen and oxygen atoms in total. The Hall–Kier alpha value is -0.110. The third kappa shape index (κ3) is 9.82. The van der Waals surface area contributed by atoms with Crippen molar-refractivity contribution in [3.63, 3.8) is 0 Å². The number of rotatable bonds is 11. The number of alkyl halides is 6. The van der Waals surface area contributed by atoms with Gasteiger partial charge in [-0.05, 0) is 13.0 Å². The zero-order valence-corrected chi connectivity index (χ0v) is 13.6. The van der Waals surface area contributed by atoms with Crippen molar-refractivity contribution >= 4 is 12.6 Å². The molecule has 0 unspecified atom stereocenters. The predicted molar refractivity (Wildman–Crippen MR) is 79.0 cm³/mol. The van der Waals surface area contributed by atoms with Gasteiger partial charge in [0.25, 0.3) is 0 Å². The zero-order valence-electron chi connectivity index (χ0n) is 12.7. The van der Waals surface area contributed by atoms with Crippen LogP contribution in [0.15, 0.2) is 0 Å². The van der Waals surface area contributed by atoms with Gasteiger partial charge < -0.3 is 5.32 Å². The SMILES string of the molecule is CCCCCCCCCCN[C@@H](S)C(C(F)(F)F)C(F)(F)F. The van der Waals surface area contributed by atoms with Crippen molar-refractivity contribution in [1.29, 1.82) is 0 Å². The summed E-state index contributed by atoms with van der Waals surface area (Å²) in [5, 5.41) is 0.263. The molecule has 0 rings (SSSR count). The number of nitrogens with one attached hydrogen (secondary N) is 1. The molecule has 0 aliphatic carbocycles. The molecule has 0 saturated carbocycles. The summed E-state index contributed by atoms with van der Waals surface area (Å²) >= 11 is 3.44. The number of unbranched alkanes of at least 4 members (excludes halogenated alkanes) is 7. The second-order valence-corrected chi connectivity index (χ2v) is 5.99. The second-order valence-electron chi connectivity index (χ2n) is 5.43. The molecule has 0 saturated heterocycles. The van der Waals surface area contributed by atoms with Crippen LogP contribution in [-0.4, -0.2) is 24.3 Å². The Balaban J connectivity index is 3.90. The maximum Gasteiger partial charge on any atom is 0.402 e. The minimum absolute atomic E-state index is 0.103. The van der Waals surface area contributed by atoms with Gasteiger partial charge >= 0.3 is 12.4 Å². The van der Waals surface area contributed by atoms with Gasteiger partial charge in [0.05, 0.1) is 5.37 Å². The molecule has 0 aromatic heterocycles. The van der Waals surface area contributed by atoms with E-state index in [4.69, 9.17) is 0 Å². The average Bonchev–Trinajstić information content (AvgIpc) is 2.33. The van der Waals surface area contributed by atoms with E-state index in [1.54, 1.807) is 0 Å². The monoisotopic (exact) mass is 353 g/mol. The Morgan fingerprint density at radius 2 is 1.18 bits per heavy atom. The summed E-state index contributed by atoms with van der Waals surface area (Å²) in [5.74, 6) is -3.45. The summed E-state index contributed by atoms with van der Waals surface area (Å²) in [7, 11) is 0. The fourth-order valence-electron chi connectivity index (χ4n) is 2.17. The number of hydrogen-bond donors (Lipinski definition) is 2. The molecule has 0 bridgehead atoms. The molecule has 1 N–H and O–H groups in total. The number of hydrogen-bond acceptors (Lipinski definition) is 2. The standard InChI is InChI=1S/C14H25F6NS/c1-2-3-4-5-6-7-8-9-10-21-12(22)11(13(15,16)17)14(18,19)20/h11-12,21-22H,2-10H2,1H3/t12-/m0/s1. The molecule has 0 heterocycles. The van der Waals surface area contributed by atoms with E-state index in [0.29, 0.717) is 6.42 Å². The first-order chi connectivity index (χ1) is 10.1. The molecule has 0 amide bonds. The fourth-order valence-corrected chi connectivity index (χ4v) is 2.64. The minimum atomic E-state index is -5.35. The third-order valence-electron chi connectivity index (χ3n) is 3.40. The molecule has 22 heavy (non-hydrogen) atoms. The van der Waals surface area contributed by atoms with Crippen molar-refractivity contribution in [3.05, 3.63) is 0 Å². The highest BCUT2D eigenvalue weighted by Crippen LogP contribution is 2.42. The van der Waals surface area contributed by atoms with Gasteiger partial charge in [-0.2, -0.15) is 39.0 Å². The third-order valence-corrected chi connectivity index (χ3v) is 3.89. The number of thiol groups is 1. The van der Waals surface area contributed by atoms with Crippen LogP contribution in [0.25, 0.3) is 0 Å². The van der Waals surface area contributed by atoms with Crippen molar-refractivity contribution in [1.82, 2.24) is 5.32 Å². The Morgan fingerprint density at radius 3 is 1.59 bits per heavy atom. The van der Waals surface area contributed by atoms with Gasteiger partial charge in [0, 0.05) is 0 Å². The Morgan fingerprint density at radius 1 is 0.773 bits per heavy atom. The summed E-state index contributed by atoms with van der Waals surface area (Å²) in [6.07, 6.45) is -2.70. The van der Waals surface area contributed by atoms with Crippen LogP contribution >= 0.6 is 12.6 Å². The summed E-state index contributed by atoms with van der Waals surface area (Å²) < 4.78 is 74.6. The van der Waals surface area contributed by atoms with Crippen LogP contribution in [0.1, 0.15) is 58.3 Å². The lowest BCUT2D eigenvalue weighted by atomic mass is 10.1. The van der Waals surface area contributed by atoms with Crippen molar-refractivity contribution < 1.29 is 26.3 Å². The molecule has 8 heteroatoms. The van der Waals surface area contributed by atoms with Crippen LogP contribution in [0.4, 0.5) is 26.3 Å². The maximum atomic E-state index is 12.4. The quantitative estimate of drug-likeness (QED) is 0.210. The maximum absolute atomic E-state index is 12.4. The van der Waals surface area contributed by atoms with Gasteiger partial charge in [-0.1, -0.05) is 51.9 Å². The van der Waals surface area contributed by atoms with Crippen LogP contribution in [0, 0.1) is 5.92 Å². The fraction of sp³-hybridized carbons (Fsp3) is 1.00. The van der Waals surface area contributed by atoms with Gasteiger partial charge in [0.15, 0.2) is 5.92 Å². The van der Waals surface area contributed by atoms with Gasteiger partial charge in [0.1, 0.15) is 0 Å². The predicted octanol–water partition coefficient (Wildman–Crippen LogP) is 5.71. The largest absolute Gasteiger partial charge is 0.402 e. The first kappa shape index (κ1) is 21.9. The first-order valence-electron chi connectivity index (χ1n) is 7.65. The van der Waals surface area contributed by atoms with Gasteiger partial charge in [0.2, 0.25) is 0 Å². The molecule has 0 spiro atoms. The van der Waals surface area contributed by atoms with E-state index in [2.05, 4.69) is 24.9 Å². The van der Waals surface area contributed by atoms with E-state index in [9.17, 15) is 26.3 Å². The van der Waals surface area contributed by atoms with E-state index < -0.39 is 23.6 Å². The van der Waals surface area contributed by atoms with Crippen LogP contribution in [-0.2, 0) is 0 Å². The van der Waals surface area contributed by atoms with Crippen molar-refractivity contribution in [3.8, 4) is 0 Å². The molecule has 0 aromatic carbocycles. The van der Waals surface area contributed by atoms with Crippen molar-refractivity contribution in [2.24, 2.45) is 5.92 Å². The molecule has 0 aliphatic rings. The Labute approximate surface area is 133 Å². The molecule has 0 aromatic rings. The van der Waals surface area contributed by atoms with Gasteiger partial charge in [-0.25, -0.2) is 0 Å². The van der Waals surface area contributed by atoms with E-state index in [0.717, 1.165) is 32.1 Å². The molecule has 1 atom stereocenters. The molecular formula is C14H25F6NS.